The lowest BCUT2D eigenvalue weighted by molar-refractivity contribution is 0.242. The zero-order valence-electron chi connectivity index (χ0n) is 11.8. The van der Waals surface area contributed by atoms with Gasteiger partial charge in [0.1, 0.15) is 11.5 Å². The number of hydrogen-bond donors (Lipinski definition) is 1. The summed E-state index contributed by atoms with van der Waals surface area (Å²) in [5.74, 6) is 0.661. The summed E-state index contributed by atoms with van der Waals surface area (Å²) in [6.07, 6.45) is 0.0366. The number of ether oxygens (including phenoxy) is 1. The second kappa shape index (κ2) is 6.60. The quantitative estimate of drug-likeness (QED) is 0.936. The van der Waals surface area contributed by atoms with E-state index in [4.69, 9.17) is 4.74 Å². The highest BCUT2D eigenvalue weighted by atomic mass is 32.2. The van der Waals surface area contributed by atoms with Crippen LogP contribution in [0.1, 0.15) is 13.8 Å². The number of sulfone groups is 1. The van der Waals surface area contributed by atoms with Crippen LogP contribution in [0.3, 0.4) is 0 Å². The number of phenolic OH excluding ortho intramolecular Hbond substituents is 1. The first-order valence-corrected chi connectivity index (χ1v) is 7.69. The van der Waals surface area contributed by atoms with E-state index < -0.39 is 9.84 Å². The fourth-order valence-corrected chi connectivity index (χ4v) is 2.99. The van der Waals surface area contributed by atoms with Crippen molar-refractivity contribution >= 4 is 9.84 Å². The minimum Gasteiger partial charge on any atom is -0.508 e. The lowest BCUT2D eigenvalue weighted by atomic mass is 10.3. The Morgan fingerprint density at radius 3 is 1.76 bits per heavy atom. The molecule has 0 heterocycles. The maximum atomic E-state index is 12.4. The van der Waals surface area contributed by atoms with E-state index in [1.807, 2.05) is 13.8 Å². The summed E-state index contributed by atoms with van der Waals surface area (Å²) in [5, 5.41) is 9.20. The van der Waals surface area contributed by atoms with Gasteiger partial charge in [-0.2, -0.15) is 0 Å². The molecule has 0 bridgehead atoms. The highest BCUT2D eigenvalue weighted by molar-refractivity contribution is 7.91. The summed E-state index contributed by atoms with van der Waals surface area (Å²) in [4.78, 5) is 0.340. The van der Waals surface area contributed by atoms with Gasteiger partial charge in [-0.15, -0.1) is 0 Å². The van der Waals surface area contributed by atoms with Crippen molar-refractivity contribution < 1.29 is 23.7 Å². The van der Waals surface area contributed by atoms with Crippen LogP contribution in [0, 0.1) is 0 Å². The normalized spacial score (nSPS) is 11.0. The second-order valence-corrected chi connectivity index (χ2v) is 6.59. The molecule has 114 valence electrons. The highest BCUT2D eigenvalue weighted by Gasteiger charge is 2.17. The summed E-state index contributed by atoms with van der Waals surface area (Å²) < 4.78 is 30.2. The van der Waals surface area contributed by atoms with Crippen molar-refractivity contribution in [3.05, 3.63) is 48.5 Å². The minimum absolute atomic E-state index is 0. The molecule has 0 amide bonds. The molecule has 5 nitrogen and oxygen atoms in total. The Kier molecular flexibility index (Phi) is 5.34. The molecule has 0 saturated heterocycles. The van der Waals surface area contributed by atoms with Crippen molar-refractivity contribution in [2.45, 2.75) is 29.7 Å². The van der Waals surface area contributed by atoms with E-state index in [-0.39, 0.29) is 27.1 Å². The Hall–Kier alpha value is -2.05. The first kappa shape index (κ1) is 17.0. The third-order valence-electron chi connectivity index (χ3n) is 2.65. The number of aromatic hydroxyl groups is 1. The molecule has 3 N–H and O–H groups in total. The lowest BCUT2D eigenvalue weighted by Gasteiger charge is -2.10. The van der Waals surface area contributed by atoms with E-state index in [1.54, 1.807) is 12.1 Å². The van der Waals surface area contributed by atoms with E-state index in [2.05, 4.69) is 0 Å². The minimum atomic E-state index is -3.57. The molecule has 2 aromatic rings. The third kappa shape index (κ3) is 3.96. The summed E-state index contributed by atoms with van der Waals surface area (Å²) in [5.41, 5.74) is 0. The van der Waals surface area contributed by atoms with Crippen LogP contribution < -0.4 is 4.74 Å². The van der Waals surface area contributed by atoms with Crippen LogP contribution in [0.5, 0.6) is 11.5 Å². The number of benzene rings is 2. The molecule has 0 aliphatic heterocycles. The van der Waals surface area contributed by atoms with Crippen molar-refractivity contribution in [3.63, 3.8) is 0 Å². The molecule has 0 aliphatic rings. The molecule has 6 heteroatoms. The molecular weight excluding hydrogens is 292 g/mol. The Labute approximate surface area is 124 Å². The Morgan fingerprint density at radius 2 is 1.33 bits per heavy atom. The van der Waals surface area contributed by atoms with Crippen molar-refractivity contribution in [2.75, 3.05) is 0 Å². The van der Waals surface area contributed by atoms with Gasteiger partial charge in [0.2, 0.25) is 9.84 Å². The summed E-state index contributed by atoms with van der Waals surface area (Å²) in [6.45, 7) is 3.81. The van der Waals surface area contributed by atoms with Crippen molar-refractivity contribution in [1.82, 2.24) is 0 Å². The molecular formula is C15H18O5S. The Bertz CT molecular complexity index is 673. The van der Waals surface area contributed by atoms with Crippen molar-refractivity contribution in [1.29, 1.82) is 0 Å². The first-order valence-electron chi connectivity index (χ1n) is 6.20. The summed E-state index contributed by atoms with van der Waals surface area (Å²) in [7, 11) is -3.57. The molecule has 0 spiro atoms. The fraction of sp³-hybridized carbons (Fsp3) is 0.200. The molecule has 0 aliphatic carbocycles. The van der Waals surface area contributed by atoms with Gasteiger partial charge < -0.3 is 15.3 Å². The van der Waals surface area contributed by atoms with E-state index in [9.17, 15) is 13.5 Å². The SMILES string of the molecule is CC(C)Oc1ccc(S(=O)(=O)c2ccc(O)cc2)cc1.O. The Morgan fingerprint density at radius 1 is 0.905 bits per heavy atom. The monoisotopic (exact) mass is 310 g/mol. The Balaban J connectivity index is 0.00000220. The van der Waals surface area contributed by atoms with E-state index in [0.29, 0.717) is 5.75 Å². The van der Waals surface area contributed by atoms with Crippen LogP contribution >= 0.6 is 0 Å². The first-order chi connectivity index (χ1) is 9.39. The molecule has 2 rings (SSSR count). The fourth-order valence-electron chi connectivity index (χ4n) is 1.73. The van der Waals surface area contributed by atoms with Gasteiger partial charge in [0.15, 0.2) is 0 Å². The summed E-state index contributed by atoms with van der Waals surface area (Å²) in [6, 6.07) is 11.7. The average Bonchev–Trinajstić information content (AvgIpc) is 2.39. The van der Waals surface area contributed by atoms with Crippen LogP contribution in [-0.2, 0) is 9.84 Å². The van der Waals surface area contributed by atoms with Gasteiger partial charge in [-0.1, -0.05) is 0 Å². The van der Waals surface area contributed by atoms with Gasteiger partial charge in [0, 0.05) is 0 Å². The molecule has 2 aromatic carbocycles. The molecule has 0 radical (unpaired) electrons. The van der Waals surface area contributed by atoms with Crippen molar-refractivity contribution in [2.24, 2.45) is 0 Å². The van der Waals surface area contributed by atoms with Crippen LogP contribution in [0.25, 0.3) is 0 Å². The molecule has 0 aromatic heterocycles. The van der Waals surface area contributed by atoms with E-state index in [1.165, 1.54) is 36.4 Å². The van der Waals surface area contributed by atoms with E-state index in [0.717, 1.165) is 0 Å². The van der Waals surface area contributed by atoms with Crippen LogP contribution in [0.15, 0.2) is 58.3 Å². The molecule has 21 heavy (non-hydrogen) atoms. The van der Waals surface area contributed by atoms with Crippen LogP contribution in [0.2, 0.25) is 0 Å². The largest absolute Gasteiger partial charge is 0.508 e. The second-order valence-electron chi connectivity index (χ2n) is 4.64. The van der Waals surface area contributed by atoms with Gasteiger partial charge in [0.05, 0.1) is 15.9 Å². The number of phenols is 1. The molecule has 0 unspecified atom stereocenters. The zero-order valence-corrected chi connectivity index (χ0v) is 12.6. The van der Waals surface area contributed by atoms with Gasteiger partial charge in [-0.25, -0.2) is 8.42 Å². The third-order valence-corrected chi connectivity index (χ3v) is 4.44. The topological polar surface area (TPSA) is 95.1 Å². The summed E-state index contributed by atoms with van der Waals surface area (Å²) >= 11 is 0. The van der Waals surface area contributed by atoms with Gasteiger partial charge in [-0.3, -0.25) is 0 Å². The average molecular weight is 310 g/mol. The maximum Gasteiger partial charge on any atom is 0.206 e. The maximum absolute atomic E-state index is 12.4. The molecule has 0 saturated carbocycles. The van der Waals surface area contributed by atoms with E-state index >= 15 is 0 Å². The number of hydrogen-bond acceptors (Lipinski definition) is 4. The smallest absolute Gasteiger partial charge is 0.206 e. The van der Waals surface area contributed by atoms with Gasteiger partial charge in [0.25, 0.3) is 0 Å². The molecule has 0 fully saturated rings. The number of rotatable bonds is 4. The predicted octanol–water partition coefficient (Wildman–Crippen LogP) is 2.19. The van der Waals surface area contributed by atoms with Gasteiger partial charge in [-0.05, 0) is 62.4 Å². The standard InChI is InChI=1S/C15H16O4S.H2O/c1-11(2)19-13-5-9-15(10-6-13)20(17,18)14-7-3-12(16)4-8-14;/h3-11,16H,1-2H3;1H2. The highest BCUT2D eigenvalue weighted by Crippen LogP contribution is 2.24. The molecule has 0 atom stereocenters. The van der Waals surface area contributed by atoms with Crippen LogP contribution in [0.4, 0.5) is 0 Å². The van der Waals surface area contributed by atoms with Gasteiger partial charge >= 0.3 is 0 Å². The van der Waals surface area contributed by atoms with Crippen LogP contribution in [-0.4, -0.2) is 25.1 Å². The lowest BCUT2D eigenvalue weighted by Crippen LogP contribution is -2.06. The predicted molar refractivity (Wildman–Crippen MR) is 79.4 cm³/mol. The van der Waals surface area contributed by atoms with Crippen molar-refractivity contribution in [3.8, 4) is 11.5 Å². The zero-order chi connectivity index (χ0) is 14.8.